The van der Waals surface area contributed by atoms with Crippen LogP contribution in [0.25, 0.3) is 11.4 Å². The summed E-state index contributed by atoms with van der Waals surface area (Å²) in [4.78, 5) is 42.5. The predicted octanol–water partition coefficient (Wildman–Crippen LogP) is 2.07. The number of pyridine rings is 1. The molecule has 28 heavy (non-hydrogen) atoms. The zero-order valence-corrected chi connectivity index (χ0v) is 15.0. The van der Waals surface area contributed by atoms with Crippen LogP contribution in [0, 0.1) is 0 Å². The van der Waals surface area contributed by atoms with Crippen LogP contribution in [0.5, 0.6) is 0 Å². The molecule has 2 fully saturated rings. The topological polar surface area (TPSA) is 118 Å². The molecule has 9 heteroatoms. The fourth-order valence-electron chi connectivity index (χ4n) is 3.54. The molecule has 1 saturated heterocycles. The molecule has 0 aromatic carbocycles. The van der Waals surface area contributed by atoms with Crippen LogP contribution in [0.15, 0.2) is 40.0 Å². The average molecular weight is 378 g/mol. The van der Waals surface area contributed by atoms with Crippen LogP contribution in [-0.4, -0.2) is 42.4 Å². The zero-order chi connectivity index (χ0) is 19.1. The fourth-order valence-corrected chi connectivity index (χ4v) is 3.54. The maximum atomic E-state index is 13.0. The molecular formula is C19H18N6O3. The second-order valence-corrected chi connectivity index (χ2v) is 7.13. The summed E-state index contributed by atoms with van der Waals surface area (Å²) in [5.41, 5.74) is 0.443. The Balaban J connectivity index is 1.40. The molecule has 4 heterocycles. The number of nitrogens with one attached hydrogen (secondary N) is 1. The largest absolute Gasteiger partial charge is 0.337 e. The van der Waals surface area contributed by atoms with Gasteiger partial charge >= 0.3 is 0 Å². The third-order valence-electron chi connectivity index (χ3n) is 5.19. The van der Waals surface area contributed by atoms with Crippen LogP contribution in [0.1, 0.15) is 59.7 Å². The third kappa shape index (κ3) is 2.98. The first-order chi connectivity index (χ1) is 13.7. The lowest BCUT2D eigenvalue weighted by atomic mass is 10.2. The Labute approximate surface area is 159 Å². The monoisotopic (exact) mass is 378 g/mol. The summed E-state index contributed by atoms with van der Waals surface area (Å²) < 4.78 is 5.43. The predicted molar refractivity (Wildman–Crippen MR) is 97.4 cm³/mol. The van der Waals surface area contributed by atoms with Crippen molar-refractivity contribution in [1.29, 1.82) is 0 Å². The van der Waals surface area contributed by atoms with Crippen molar-refractivity contribution < 1.29 is 9.32 Å². The number of carbonyl (C=O) groups is 1. The van der Waals surface area contributed by atoms with Crippen molar-refractivity contribution in [2.24, 2.45) is 0 Å². The van der Waals surface area contributed by atoms with Crippen molar-refractivity contribution >= 4 is 5.91 Å². The minimum absolute atomic E-state index is 0.0465. The Morgan fingerprint density at radius 3 is 2.79 bits per heavy atom. The van der Waals surface area contributed by atoms with Crippen LogP contribution >= 0.6 is 0 Å². The first-order valence-electron chi connectivity index (χ1n) is 9.35. The van der Waals surface area contributed by atoms with Gasteiger partial charge in [-0.15, -0.1) is 0 Å². The lowest BCUT2D eigenvalue weighted by Crippen LogP contribution is -2.35. The van der Waals surface area contributed by atoms with Gasteiger partial charge in [0.15, 0.2) is 0 Å². The maximum Gasteiger partial charge on any atom is 0.263 e. The van der Waals surface area contributed by atoms with E-state index in [0.717, 1.165) is 24.8 Å². The summed E-state index contributed by atoms with van der Waals surface area (Å²) in [6.07, 6.45) is 8.26. The Bertz CT molecular complexity index is 1070. The first kappa shape index (κ1) is 16.8. The van der Waals surface area contributed by atoms with Gasteiger partial charge in [0.05, 0.1) is 0 Å². The van der Waals surface area contributed by atoms with E-state index in [1.165, 1.54) is 6.20 Å². The minimum atomic E-state index is -0.393. The van der Waals surface area contributed by atoms with E-state index in [-0.39, 0.29) is 17.5 Å². The molecule has 1 saturated carbocycles. The minimum Gasteiger partial charge on any atom is -0.337 e. The number of H-pyrrole nitrogens is 1. The number of rotatable bonds is 4. The highest BCUT2D eigenvalue weighted by Crippen LogP contribution is 2.37. The highest BCUT2D eigenvalue weighted by atomic mass is 16.5. The molecule has 0 spiro atoms. The molecule has 1 aliphatic carbocycles. The van der Waals surface area contributed by atoms with Gasteiger partial charge in [0.25, 0.3) is 11.5 Å². The second-order valence-electron chi connectivity index (χ2n) is 7.13. The fraction of sp³-hybridized carbons (Fsp3) is 0.368. The van der Waals surface area contributed by atoms with Crippen molar-refractivity contribution in [3.63, 3.8) is 0 Å². The number of carbonyl (C=O) groups excluding carboxylic acids is 1. The molecule has 0 bridgehead atoms. The van der Waals surface area contributed by atoms with E-state index in [0.29, 0.717) is 36.4 Å². The van der Waals surface area contributed by atoms with Gasteiger partial charge in [-0.3, -0.25) is 14.6 Å². The van der Waals surface area contributed by atoms with Gasteiger partial charge in [-0.1, -0.05) is 5.16 Å². The molecule has 142 valence electrons. The number of hydrogen-bond acceptors (Lipinski definition) is 7. The van der Waals surface area contributed by atoms with Gasteiger partial charge in [0.2, 0.25) is 11.7 Å². The molecule has 3 aromatic heterocycles. The molecule has 1 aliphatic heterocycles. The molecule has 5 rings (SSSR count). The van der Waals surface area contributed by atoms with Crippen LogP contribution in [0.3, 0.4) is 0 Å². The SMILES string of the molecule is O=C(c1cnc(C2CC2)[nH]c1=O)N1CCC[C@H]1c1nc(-c2ccncc2)no1. The number of nitrogens with zero attached hydrogens (tertiary/aromatic N) is 5. The van der Waals surface area contributed by atoms with E-state index in [9.17, 15) is 9.59 Å². The Morgan fingerprint density at radius 1 is 1.21 bits per heavy atom. The van der Waals surface area contributed by atoms with E-state index in [2.05, 4.69) is 25.1 Å². The van der Waals surface area contributed by atoms with Gasteiger partial charge in [0, 0.05) is 36.6 Å². The van der Waals surface area contributed by atoms with Crippen molar-refractivity contribution in [3.05, 3.63) is 58.4 Å². The second kappa shape index (κ2) is 6.66. The van der Waals surface area contributed by atoms with Crippen LogP contribution in [0.2, 0.25) is 0 Å². The average Bonchev–Trinajstić information content (AvgIpc) is 3.25. The molecule has 1 N–H and O–H groups in total. The normalized spacial score (nSPS) is 19.1. The number of aromatic nitrogens is 5. The van der Waals surface area contributed by atoms with E-state index in [1.807, 2.05) is 0 Å². The summed E-state index contributed by atoms with van der Waals surface area (Å²) in [6, 6.07) is 3.23. The van der Waals surface area contributed by atoms with E-state index in [4.69, 9.17) is 4.52 Å². The van der Waals surface area contributed by atoms with E-state index < -0.39 is 5.56 Å². The molecule has 9 nitrogen and oxygen atoms in total. The van der Waals surface area contributed by atoms with Crippen molar-refractivity contribution in [2.45, 2.75) is 37.6 Å². The maximum absolute atomic E-state index is 13.0. The van der Waals surface area contributed by atoms with E-state index in [1.54, 1.807) is 29.4 Å². The molecule has 1 amide bonds. The highest BCUT2D eigenvalue weighted by Gasteiger charge is 2.36. The number of hydrogen-bond donors (Lipinski definition) is 1. The third-order valence-corrected chi connectivity index (χ3v) is 5.19. The molecule has 0 radical (unpaired) electrons. The van der Waals surface area contributed by atoms with Gasteiger partial charge in [0.1, 0.15) is 17.4 Å². The molecule has 1 atom stereocenters. The Kier molecular flexibility index (Phi) is 4.00. The molecule has 2 aliphatic rings. The zero-order valence-electron chi connectivity index (χ0n) is 15.0. The number of amides is 1. The summed E-state index contributed by atoms with van der Waals surface area (Å²) in [6.45, 7) is 0.528. The summed E-state index contributed by atoms with van der Waals surface area (Å²) in [5, 5.41) is 4.02. The molecular weight excluding hydrogens is 360 g/mol. The Hall–Kier alpha value is -3.36. The highest BCUT2D eigenvalue weighted by molar-refractivity contribution is 5.94. The first-order valence-corrected chi connectivity index (χ1v) is 9.35. The standard InChI is InChI=1S/C19H18N6O3/c26-17-13(10-21-15(22-17)11-3-4-11)19(27)25-9-1-2-14(25)18-23-16(24-28-18)12-5-7-20-8-6-12/h5-8,10-11,14H,1-4,9H2,(H,21,22,26)/t14-/m0/s1. The van der Waals surface area contributed by atoms with Gasteiger partial charge in [-0.05, 0) is 37.8 Å². The molecule has 3 aromatic rings. The summed E-state index contributed by atoms with van der Waals surface area (Å²) >= 11 is 0. The Morgan fingerprint density at radius 2 is 2.04 bits per heavy atom. The van der Waals surface area contributed by atoms with Crippen LogP contribution in [-0.2, 0) is 0 Å². The summed E-state index contributed by atoms with van der Waals surface area (Å²) in [5.74, 6) is 1.45. The van der Waals surface area contributed by atoms with Gasteiger partial charge < -0.3 is 14.4 Å². The number of likely N-dealkylation sites (tertiary alicyclic amines) is 1. The quantitative estimate of drug-likeness (QED) is 0.738. The smallest absolute Gasteiger partial charge is 0.263 e. The number of aromatic amines is 1. The van der Waals surface area contributed by atoms with E-state index >= 15 is 0 Å². The lowest BCUT2D eigenvalue weighted by molar-refractivity contribution is 0.0707. The van der Waals surface area contributed by atoms with Gasteiger partial charge in [-0.2, -0.15) is 4.98 Å². The van der Waals surface area contributed by atoms with Crippen LogP contribution < -0.4 is 5.56 Å². The van der Waals surface area contributed by atoms with Crippen molar-refractivity contribution in [3.8, 4) is 11.4 Å². The molecule has 0 unspecified atom stereocenters. The van der Waals surface area contributed by atoms with Gasteiger partial charge in [-0.25, -0.2) is 4.98 Å². The van der Waals surface area contributed by atoms with Crippen molar-refractivity contribution in [2.75, 3.05) is 6.54 Å². The lowest BCUT2D eigenvalue weighted by Gasteiger charge is -2.21. The van der Waals surface area contributed by atoms with Crippen LogP contribution in [0.4, 0.5) is 0 Å². The van der Waals surface area contributed by atoms with Crippen molar-refractivity contribution in [1.82, 2.24) is 30.0 Å². The summed E-state index contributed by atoms with van der Waals surface area (Å²) in [7, 11) is 0.